The molecule has 1 aliphatic rings. The van der Waals surface area contributed by atoms with Gasteiger partial charge in [-0.25, -0.2) is 0 Å². The summed E-state index contributed by atoms with van der Waals surface area (Å²) < 4.78 is 0. The number of amides is 1. The quantitative estimate of drug-likeness (QED) is 0.785. The van der Waals surface area contributed by atoms with Crippen LogP contribution in [0.3, 0.4) is 0 Å². The number of rotatable bonds is 5. The summed E-state index contributed by atoms with van der Waals surface area (Å²) in [4.78, 5) is 24.7. The summed E-state index contributed by atoms with van der Waals surface area (Å²) in [7, 11) is 0. The van der Waals surface area contributed by atoms with E-state index in [1.807, 2.05) is 13.8 Å². The minimum absolute atomic E-state index is 0.0435. The molecule has 4 nitrogen and oxygen atoms in total. The summed E-state index contributed by atoms with van der Waals surface area (Å²) >= 11 is 0. The third-order valence-electron chi connectivity index (χ3n) is 3.65. The van der Waals surface area contributed by atoms with Crippen LogP contribution in [-0.2, 0) is 9.59 Å². The lowest BCUT2D eigenvalue weighted by atomic mass is 9.95. The van der Waals surface area contributed by atoms with Gasteiger partial charge in [0.15, 0.2) is 0 Å². The van der Waals surface area contributed by atoms with Gasteiger partial charge in [-0.2, -0.15) is 0 Å². The topological polar surface area (TPSA) is 49.4 Å². The van der Waals surface area contributed by atoms with Gasteiger partial charge in [0.2, 0.25) is 5.91 Å². The van der Waals surface area contributed by atoms with E-state index in [4.69, 9.17) is 0 Å². The highest BCUT2D eigenvalue weighted by molar-refractivity contribution is 5.83. The molecule has 1 fully saturated rings. The normalized spacial score (nSPS) is 19.9. The highest BCUT2D eigenvalue weighted by Gasteiger charge is 2.25. The molecule has 1 amide bonds. The lowest BCUT2D eigenvalue weighted by molar-refractivity contribution is -0.124. The van der Waals surface area contributed by atoms with Crippen LogP contribution in [0.2, 0.25) is 0 Å². The molecule has 1 unspecified atom stereocenters. The Hall–Kier alpha value is -0.900. The maximum Gasteiger partial charge on any atom is 0.216 e. The molecule has 1 saturated heterocycles. The predicted molar refractivity (Wildman–Crippen MR) is 67.7 cm³/mol. The van der Waals surface area contributed by atoms with E-state index in [1.54, 1.807) is 6.92 Å². The smallest absolute Gasteiger partial charge is 0.216 e. The summed E-state index contributed by atoms with van der Waals surface area (Å²) in [5, 5.41) is 2.87. The predicted octanol–water partition coefficient (Wildman–Crippen LogP) is 1.20. The van der Waals surface area contributed by atoms with E-state index in [2.05, 4.69) is 10.2 Å². The van der Waals surface area contributed by atoms with Gasteiger partial charge >= 0.3 is 0 Å². The minimum Gasteiger partial charge on any atom is -0.356 e. The molecule has 1 atom stereocenters. The molecule has 0 aromatic carbocycles. The monoisotopic (exact) mass is 240 g/mol. The van der Waals surface area contributed by atoms with Gasteiger partial charge in [-0.1, -0.05) is 6.92 Å². The molecular formula is C13H24N2O2. The number of carbonyl (C=O) groups excluding carboxylic acids is 2. The van der Waals surface area contributed by atoms with E-state index in [0.717, 1.165) is 32.5 Å². The van der Waals surface area contributed by atoms with Crippen molar-refractivity contribution >= 4 is 11.7 Å². The second kappa shape index (κ2) is 6.74. The summed E-state index contributed by atoms with van der Waals surface area (Å²) in [5.41, 5.74) is 0. The van der Waals surface area contributed by atoms with Crippen molar-refractivity contribution in [2.24, 2.45) is 5.92 Å². The maximum absolute atomic E-state index is 11.6. The lowest BCUT2D eigenvalue weighted by Gasteiger charge is -2.35. The number of ketones is 1. The maximum atomic E-state index is 11.6. The average molecular weight is 240 g/mol. The molecule has 0 spiro atoms. The number of hydrogen-bond acceptors (Lipinski definition) is 3. The molecule has 4 heteroatoms. The van der Waals surface area contributed by atoms with Crippen molar-refractivity contribution in [3.8, 4) is 0 Å². The lowest BCUT2D eigenvalue weighted by Crippen LogP contribution is -2.45. The first kappa shape index (κ1) is 14.2. The molecule has 0 aliphatic carbocycles. The van der Waals surface area contributed by atoms with Crippen LogP contribution in [0, 0.1) is 5.92 Å². The molecule has 1 aliphatic heterocycles. The van der Waals surface area contributed by atoms with Gasteiger partial charge in [0.1, 0.15) is 5.78 Å². The average Bonchev–Trinajstić information content (AvgIpc) is 2.35. The van der Waals surface area contributed by atoms with Gasteiger partial charge in [-0.05, 0) is 38.8 Å². The first-order valence-electron chi connectivity index (χ1n) is 6.55. The van der Waals surface area contributed by atoms with Crippen LogP contribution in [0.15, 0.2) is 0 Å². The summed E-state index contributed by atoms with van der Waals surface area (Å²) in [6.45, 7) is 8.19. The SMILES string of the molecule is CCC(=O)C(C)N1CCC(CNC(C)=O)CC1. The van der Waals surface area contributed by atoms with E-state index in [1.165, 1.54) is 0 Å². The van der Waals surface area contributed by atoms with Crippen LogP contribution in [0.4, 0.5) is 0 Å². The number of carbonyl (C=O) groups is 2. The van der Waals surface area contributed by atoms with E-state index in [0.29, 0.717) is 18.1 Å². The largest absolute Gasteiger partial charge is 0.356 e. The Labute approximate surface area is 104 Å². The Morgan fingerprint density at radius 2 is 1.94 bits per heavy atom. The molecule has 17 heavy (non-hydrogen) atoms. The van der Waals surface area contributed by atoms with Crippen molar-refractivity contribution < 1.29 is 9.59 Å². The van der Waals surface area contributed by atoms with Crippen molar-refractivity contribution in [1.29, 1.82) is 0 Å². The zero-order valence-corrected chi connectivity index (χ0v) is 11.2. The first-order chi connectivity index (χ1) is 8.04. The van der Waals surface area contributed by atoms with Crippen LogP contribution in [-0.4, -0.2) is 42.3 Å². The molecule has 1 heterocycles. The molecular weight excluding hydrogens is 216 g/mol. The summed E-state index contributed by atoms with van der Waals surface area (Å²) in [6.07, 6.45) is 2.76. The van der Waals surface area contributed by atoms with Crippen molar-refractivity contribution in [2.75, 3.05) is 19.6 Å². The van der Waals surface area contributed by atoms with Crippen LogP contribution < -0.4 is 5.32 Å². The highest BCUT2D eigenvalue weighted by Crippen LogP contribution is 2.18. The molecule has 0 radical (unpaired) electrons. The molecule has 98 valence electrons. The summed E-state index contributed by atoms with van der Waals surface area (Å²) in [6, 6.07) is 0.0571. The van der Waals surface area contributed by atoms with Crippen molar-refractivity contribution in [3.05, 3.63) is 0 Å². The standard InChI is InChI=1S/C13H24N2O2/c1-4-13(17)10(2)15-7-5-12(6-8-15)9-14-11(3)16/h10,12H,4-9H2,1-3H3,(H,14,16). The van der Waals surface area contributed by atoms with Gasteiger partial charge in [0, 0.05) is 19.9 Å². The highest BCUT2D eigenvalue weighted by atomic mass is 16.1. The third-order valence-corrected chi connectivity index (χ3v) is 3.65. The first-order valence-corrected chi connectivity index (χ1v) is 6.55. The van der Waals surface area contributed by atoms with Crippen LogP contribution in [0.1, 0.15) is 40.0 Å². The van der Waals surface area contributed by atoms with Crippen molar-refractivity contribution in [2.45, 2.75) is 46.1 Å². The number of hydrogen-bond donors (Lipinski definition) is 1. The number of Topliss-reactive ketones (excluding diaryl/α,β-unsaturated/α-hetero) is 1. The fraction of sp³-hybridized carbons (Fsp3) is 0.846. The van der Waals surface area contributed by atoms with Gasteiger partial charge < -0.3 is 5.32 Å². The Morgan fingerprint density at radius 3 is 2.41 bits per heavy atom. The third kappa shape index (κ3) is 4.46. The molecule has 0 aromatic heterocycles. The van der Waals surface area contributed by atoms with Crippen LogP contribution in [0.25, 0.3) is 0 Å². The van der Waals surface area contributed by atoms with E-state index in [-0.39, 0.29) is 11.9 Å². The van der Waals surface area contributed by atoms with Gasteiger partial charge in [0.25, 0.3) is 0 Å². The van der Waals surface area contributed by atoms with Crippen molar-refractivity contribution in [3.63, 3.8) is 0 Å². The molecule has 1 rings (SSSR count). The minimum atomic E-state index is 0.0435. The zero-order chi connectivity index (χ0) is 12.8. The van der Waals surface area contributed by atoms with Gasteiger partial charge in [0.05, 0.1) is 6.04 Å². The molecule has 1 N–H and O–H groups in total. The molecule has 0 aromatic rings. The fourth-order valence-electron chi connectivity index (χ4n) is 2.33. The Balaban J connectivity index is 2.30. The second-order valence-corrected chi connectivity index (χ2v) is 4.91. The van der Waals surface area contributed by atoms with E-state index in [9.17, 15) is 9.59 Å². The zero-order valence-electron chi connectivity index (χ0n) is 11.2. The molecule has 0 saturated carbocycles. The fourth-order valence-corrected chi connectivity index (χ4v) is 2.33. The van der Waals surface area contributed by atoms with Crippen LogP contribution >= 0.6 is 0 Å². The Bertz CT molecular complexity index is 271. The summed E-state index contributed by atoms with van der Waals surface area (Å²) in [5.74, 6) is 0.936. The van der Waals surface area contributed by atoms with E-state index < -0.39 is 0 Å². The second-order valence-electron chi connectivity index (χ2n) is 4.91. The van der Waals surface area contributed by atoms with Gasteiger partial charge in [-0.3, -0.25) is 14.5 Å². The number of nitrogens with one attached hydrogen (secondary N) is 1. The van der Waals surface area contributed by atoms with E-state index >= 15 is 0 Å². The number of piperidine rings is 1. The number of nitrogens with zero attached hydrogens (tertiary/aromatic N) is 1. The van der Waals surface area contributed by atoms with Crippen LogP contribution in [0.5, 0.6) is 0 Å². The Morgan fingerprint density at radius 1 is 1.35 bits per heavy atom. The number of likely N-dealkylation sites (tertiary alicyclic amines) is 1. The Kier molecular flexibility index (Phi) is 5.62. The van der Waals surface area contributed by atoms with Crippen molar-refractivity contribution in [1.82, 2.24) is 10.2 Å². The molecule has 0 bridgehead atoms. The van der Waals surface area contributed by atoms with Gasteiger partial charge in [-0.15, -0.1) is 0 Å².